The number of hydrogen-bond acceptors (Lipinski definition) is 6. The van der Waals surface area contributed by atoms with Crippen LogP contribution in [-0.2, 0) is 6.42 Å². The number of fused-ring (bicyclic) bond motifs is 1. The summed E-state index contributed by atoms with van der Waals surface area (Å²) < 4.78 is 7.50. The number of nitrogens with zero attached hydrogens (tertiary/aromatic N) is 4. The highest BCUT2D eigenvalue weighted by Gasteiger charge is 2.18. The van der Waals surface area contributed by atoms with Crippen molar-refractivity contribution >= 4 is 11.5 Å². The van der Waals surface area contributed by atoms with E-state index in [1.165, 1.54) is 12.8 Å². The average molecular weight is 304 g/mol. The minimum absolute atomic E-state index is 0.0632. The maximum atomic E-state index is 6.00. The van der Waals surface area contributed by atoms with Crippen LogP contribution in [0.3, 0.4) is 0 Å². The van der Waals surface area contributed by atoms with E-state index < -0.39 is 0 Å². The normalized spacial score (nSPS) is 17.7. The topological polar surface area (TPSA) is 90.4 Å². The van der Waals surface area contributed by atoms with Crippen LogP contribution in [0.25, 0.3) is 5.65 Å². The molecule has 0 aromatic carbocycles. The Labute approximate surface area is 130 Å². The zero-order valence-electron chi connectivity index (χ0n) is 13.2. The zero-order chi connectivity index (χ0) is 15.5. The lowest BCUT2D eigenvalue weighted by Gasteiger charge is -2.22. The zero-order valence-corrected chi connectivity index (χ0v) is 13.2. The molecule has 3 heterocycles. The lowest BCUT2D eigenvalue weighted by molar-refractivity contribution is 0.196. The molecule has 7 nitrogen and oxygen atoms in total. The van der Waals surface area contributed by atoms with Gasteiger partial charge in [0.2, 0.25) is 0 Å². The Morgan fingerprint density at radius 2 is 2.23 bits per heavy atom. The van der Waals surface area contributed by atoms with Gasteiger partial charge in [0.25, 0.3) is 0 Å². The summed E-state index contributed by atoms with van der Waals surface area (Å²) in [5.74, 6) is 1.03. The fourth-order valence-electron chi connectivity index (χ4n) is 2.76. The molecule has 3 rings (SSSR count). The fraction of sp³-hybridized carbons (Fsp3) is 0.667. The van der Waals surface area contributed by atoms with E-state index >= 15 is 0 Å². The van der Waals surface area contributed by atoms with Crippen molar-refractivity contribution in [3.63, 3.8) is 0 Å². The maximum Gasteiger partial charge on any atom is 0.336 e. The van der Waals surface area contributed by atoms with Crippen molar-refractivity contribution in [1.29, 1.82) is 0 Å². The van der Waals surface area contributed by atoms with Crippen LogP contribution in [-0.4, -0.2) is 38.8 Å². The molecule has 120 valence electrons. The van der Waals surface area contributed by atoms with Crippen LogP contribution in [0, 0.1) is 5.92 Å². The van der Waals surface area contributed by atoms with Gasteiger partial charge in [0.1, 0.15) is 0 Å². The minimum Gasteiger partial charge on any atom is -0.459 e. The third-order valence-electron chi connectivity index (χ3n) is 4.28. The molecule has 0 amide bonds. The van der Waals surface area contributed by atoms with Gasteiger partial charge in [0.05, 0.1) is 18.0 Å². The maximum absolute atomic E-state index is 6.00. The molecule has 1 saturated heterocycles. The largest absolute Gasteiger partial charge is 0.459 e. The van der Waals surface area contributed by atoms with Crippen LogP contribution in [0.2, 0.25) is 0 Å². The second-order valence-corrected chi connectivity index (χ2v) is 6.00. The minimum atomic E-state index is 0.0632. The van der Waals surface area contributed by atoms with E-state index in [1.54, 1.807) is 4.52 Å². The van der Waals surface area contributed by atoms with Crippen molar-refractivity contribution in [2.24, 2.45) is 5.92 Å². The molecule has 0 aliphatic carbocycles. The van der Waals surface area contributed by atoms with Crippen LogP contribution < -0.4 is 15.8 Å². The highest BCUT2D eigenvalue weighted by Crippen LogP contribution is 2.21. The van der Waals surface area contributed by atoms with E-state index in [0.29, 0.717) is 23.4 Å². The highest BCUT2D eigenvalue weighted by molar-refractivity contribution is 5.59. The summed E-state index contributed by atoms with van der Waals surface area (Å²) in [6, 6.07) is 0.323. The van der Waals surface area contributed by atoms with Gasteiger partial charge < -0.3 is 15.8 Å². The van der Waals surface area contributed by atoms with Crippen molar-refractivity contribution in [3.05, 3.63) is 11.9 Å². The van der Waals surface area contributed by atoms with Crippen molar-refractivity contribution in [2.75, 3.05) is 18.8 Å². The van der Waals surface area contributed by atoms with Gasteiger partial charge in [-0.3, -0.25) is 0 Å². The Kier molecular flexibility index (Phi) is 4.42. The van der Waals surface area contributed by atoms with Crippen molar-refractivity contribution in [2.45, 2.75) is 45.6 Å². The van der Waals surface area contributed by atoms with E-state index in [0.717, 1.165) is 31.6 Å². The van der Waals surface area contributed by atoms with E-state index in [9.17, 15) is 0 Å². The third kappa shape index (κ3) is 3.14. The number of ether oxygens (including phenoxy) is 1. The molecule has 0 saturated carbocycles. The standard InChI is InChI=1S/C15H24N6O/c1-3-10(2)22-15-19-13(16)14-18-9-12(21(14)20-15)8-11-4-6-17-7-5-11/h9-11,17H,3-8H2,1-2H3,(H2,16,19,20)/t10-/m0/s1. The van der Waals surface area contributed by atoms with Crippen LogP contribution in [0.1, 0.15) is 38.8 Å². The van der Waals surface area contributed by atoms with Gasteiger partial charge in [-0.15, -0.1) is 5.10 Å². The molecular weight excluding hydrogens is 280 g/mol. The smallest absolute Gasteiger partial charge is 0.336 e. The average Bonchev–Trinajstić information content (AvgIpc) is 2.92. The van der Waals surface area contributed by atoms with Crippen molar-refractivity contribution < 1.29 is 4.74 Å². The quantitative estimate of drug-likeness (QED) is 0.868. The number of rotatable bonds is 5. The molecule has 0 radical (unpaired) electrons. The Bertz CT molecular complexity index is 634. The third-order valence-corrected chi connectivity index (χ3v) is 4.28. The summed E-state index contributed by atoms with van der Waals surface area (Å²) in [5, 5.41) is 7.86. The van der Waals surface area contributed by atoms with Gasteiger partial charge in [-0.05, 0) is 51.6 Å². The van der Waals surface area contributed by atoms with Crippen LogP contribution in [0.5, 0.6) is 6.01 Å². The van der Waals surface area contributed by atoms with Gasteiger partial charge in [-0.2, -0.15) is 4.98 Å². The van der Waals surface area contributed by atoms with Gasteiger partial charge in [0, 0.05) is 0 Å². The first-order valence-electron chi connectivity index (χ1n) is 8.05. The van der Waals surface area contributed by atoms with Crippen molar-refractivity contribution in [3.8, 4) is 6.01 Å². The predicted octanol–water partition coefficient (Wildman–Crippen LogP) is 1.43. The van der Waals surface area contributed by atoms with Gasteiger partial charge in [0.15, 0.2) is 11.5 Å². The first-order valence-corrected chi connectivity index (χ1v) is 8.05. The molecule has 0 unspecified atom stereocenters. The van der Waals surface area contributed by atoms with E-state index in [2.05, 4.69) is 27.3 Å². The number of nitrogens with one attached hydrogen (secondary N) is 1. The van der Waals surface area contributed by atoms with Gasteiger partial charge in [-0.25, -0.2) is 9.50 Å². The fourth-order valence-corrected chi connectivity index (χ4v) is 2.76. The summed E-state index contributed by atoms with van der Waals surface area (Å²) in [6.45, 7) is 6.22. The number of hydrogen-bond donors (Lipinski definition) is 2. The van der Waals surface area contributed by atoms with Gasteiger partial charge >= 0.3 is 6.01 Å². The molecule has 0 bridgehead atoms. The molecule has 3 N–H and O–H groups in total. The van der Waals surface area contributed by atoms with E-state index in [4.69, 9.17) is 10.5 Å². The lowest BCUT2D eigenvalue weighted by atomic mass is 9.93. The molecule has 0 spiro atoms. The molecule has 1 fully saturated rings. The lowest BCUT2D eigenvalue weighted by Crippen LogP contribution is -2.29. The number of imidazole rings is 1. The van der Waals surface area contributed by atoms with E-state index in [1.807, 2.05) is 13.1 Å². The predicted molar refractivity (Wildman–Crippen MR) is 84.9 cm³/mol. The summed E-state index contributed by atoms with van der Waals surface area (Å²) in [5.41, 5.74) is 7.68. The molecular formula is C15H24N6O. The summed E-state index contributed by atoms with van der Waals surface area (Å²) in [7, 11) is 0. The first kappa shape index (κ1) is 15.0. The molecule has 2 aromatic heterocycles. The molecule has 1 aliphatic heterocycles. The second-order valence-electron chi connectivity index (χ2n) is 6.00. The Balaban J connectivity index is 1.87. The number of anilines is 1. The summed E-state index contributed by atoms with van der Waals surface area (Å²) in [4.78, 5) is 8.57. The monoisotopic (exact) mass is 304 g/mol. The Morgan fingerprint density at radius 3 is 2.95 bits per heavy atom. The number of nitrogen functional groups attached to an aromatic ring is 1. The number of aromatic nitrogens is 4. The molecule has 7 heteroatoms. The SMILES string of the molecule is CC[C@H](C)Oc1nc(N)c2ncc(CC3CCNCC3)n2n1. The second kappa shape index (κ2) is 6.48. The first-order chi connectivity index (χ1) is 10.7. The van der Waals surface area contributed by atoms with Crippen molar-refractivity contribution in [1.82, 2.24) is 24.9 Å². The molecule has 22 heavy (non-hydrogen) atoms. The number of nitrogens with two attached hydrogens (primary N) is 1. The van der Waals surface area contributed by atoms with Crippen LogP contribution in [0.15, 0.2) is 6.20 Å². The van der Waals surface area contributed by atoms with E-state index in [-0.39, 0.29) is 6.10 Å². The Hall–Kier alpha value is -1.89. The summed E-state index contributed by atoms with van der Waals surface area (Å²) in [6.07, 6.45) is 6.15. The molecule has 1 aliphatic rings. The Morgan fingerprint density at radius 1 is 1.45 bits per heavy atom. The highest BCUT2D eigenvalue weighted by atomic mass is 16.5. The van der Waals surface area contributed by atoms with Crippen LogP contribution >= 0.6 is 0 Å². The van der Waals surface area contributed by atoms with Crippen LogP contribution in [0.4, 0.5) is 5.82 Å². The molecule has 1 atom stereocenters. The van der Waals surface area contributed by atoms with Gasteiger partial charge in [-0.1, -0.05) is 6.92 Å². The molecule has 2 aromatic rings. The summed E-state index contributed by atoms with van der Waals surface area (Å²) >= 11 is 0. The number of piperidine rings is 1.